The summed E-state index contributed by atoms with van der Waals surface area (Å²) in [5, 5.41) is 2.38. The van der Waals surface area contributed by atoms with Gasteiger partial charge in [-0.2, -0.15) is 0 Å². The van der Waals surface area contributed by atoms with Gasteiger partial charge in [0, 0.05) is 22.5 Å². The number of benzene rings is 1. The van der Waals surface area contributed by atoms with E-state index >= 15 is 0 Å². The lowest BCUT2D eigenvalue weighted by Gasteiger charge is -1.97. The number of H-pyrrole nitrogens is 1. The van der Waals surface area contributed by atoms with E-state index in [0.717, 1.165) is 22.5 Å². The van der Waals surface area contributed by atoms with Crippen LogP contribution in [-0.2, 0) is 0 Å². The average Bonchev–Trinajstić information content (AvgIpc) is 3.05. The molecule has 0 fully saturated rings. The molecule has 0 bridgehead atoms. The molecule has 3 heterocycles. The highest BCUT2D eigenvalue weighted by Crippen LogP contribution is 2.31. The zero-order valence-electron chi connectivity index (χ0n) is 9.55. The van der Waals surface area contributed by atoms with Crippen LogP contribution in [0.3, 0.4) is 0 Å². The van der Waals surface area contributed by atoms with Gasteiger partial charge in [0.15, 0.2) is 5.76 Å². The van der Waals surface area contributed by atoms with Gasteiger partial charge >= 0.3 is 0 Å². The van der Waals surface area contributed by atoms with Gasteiger partial charge in [-0.15, -0.1) is 0 Å². The Morgan fingerprint density at radius 2 is 1.89 bits per heavy atom. The van der Waals surface area contributed by atoms with Gasteiger partial charge in [-0.05, 0) is 24.3 Å². The highest BCUT2D eigenvalue weighted by atomic mass is 16.3. The smallest absolute Gasteiger partial charge is 0.154 e. The summed E-state index contributed by atoms with van der Waals surface area (Å²) in [5.41, 5.74) is 3.00. The van der Waals surface area contributed by atoms with Crippen LogP contribution in [0.2, 0.25) is 0 Å². The van der Waals surface area contributed by atoms with Crippen molar-refractivity contribution < 1.29 is 4.42 Å². The topological polar surface area (TPSA) is 41.8 Å². The number of aromatic nitrogens is 2. The zero-order valence-corrected chi connectivity index (χ0v) is 9.55. The Morgan fingerprint density at radius 1 is 0.944 bits per heavy atom. The third kappa shape index (κ3) is 1.21. The van der Waals surface area contributed by atoms with Crippen LogP contribution in [0.15, 0.2) is 59.3 Å². The van der Waals surface area contributed by atoms with E-state index in [0.29, 0.717) is 0 Å². The quantitative estimate of drug-likeness (QED) is 0.541. The molecule has 3 heteroatoms. The van der Waals surface area contributed by atoms with Gasteiger partial charge in [-0.1, -0.05) is 18.2 Å². The molecule has 1 N–H and O–H groups in total. The number of hydrogen-bond donors (Lipinski definition) is 1. The molecule has 0 aliphatic rings. The third-order valence-electron chi connectivity index (χ3n) is 3.18. The maximum atomic E-state index is 5.44. The van der Waals surface area contributed by atoms with Crippen LogP contribution < -0.4 is 0 Å². The molecule has 4 aromatic rings. The first kappa shape index (κ1) is 9.48. The van der Waals surface area contributed by atoms with E-state index in [2.05, 4.69) is 22.1 Å². The van der Waals surface area contributed by atoms with Crippen molar-refractivity contribution in [2.24, 2.45) is 0 Å². The summed E-state index contributed by atoms with van der Waals surface area (Å²) in [7, 11) is 0. The van der Waals surface area contributed by atoms with Crippen molar-refractivity contribution in [2.75, 3.05) is 0 Å². The van der Waals surface area contributed by atoms with Gasteiger partial charge in [0.05, 0.1) is 11.8 Å². The van der Waals surface area contributed by atoms with E-state index < -0.39 is 0 Å². The number of pyridine rings is 1. The minimum atomic E-state index is 0.784. The standard InChI is InChI=1S/C15H10N2O/c1-2-5-12-10(4-1)11-7-8-16-15(14(11)17-12)13-6-3-9-18-13/h1-9,17H. The monoisotopic (exact) mass is 234 g/mol. The Hall–Kier alpha value is -2.55. The molecule has 0 saturated carbocycles. The minimum absolute atomic E-state index is 0.784. The van der Waals surface area contributed by atoms with Crippen molar-refractivity contribution in [1.29, 1.82) is 0 Å². The molecular weight excluding hydrogens is 224 g/mol. The van der Waals surface area contributed by atoms with Crippen molar-refractivity contribution in [2.45, 2.75) is 0 Å². The summed E-state index contributed by atoms with van der Waals surface area (Å²) < 4.78 is 5.44. The van der Waals surface area contributed by atoms with E-state index in [1.165, 1.54) is 10.8 Å². The second-order valence-electron chi connectivity index (χ2n) is 4.23. The summed E-state index contributed by atoms with van der Waals surface area (Å²) in [5.74, 6) is 0.784. The molecule has 0 aliphatic heterocycles. The first-order valence-corrected chi connectivity index (χ1v) is 5.83. The number of nitrogens with one attached hydrogen (secondary N) is 1. The van der Waals surface area contributed by atoms with Gasteiger partial charge < -0.3 is 9.40 Å². The van der Waals surface area contributed by atoms with E-state index in [4.69, 9.17) is 4.42 Å². The fourth-order valence-corrected chi connectivity index (χ4v) is 2.37. The zero-order chi connectivity index (χ0) is 11.9. The molecule has 0 atom stereocenters. The second kappa shape index (κ2) is 3.47. The third-order valence-corrected chi connectivity index (χ3v) is 3.18. The average molecular weight is 234 g/mol. The summed E-state index contributed by atoms with van der Waals surface area (Å²) >= 11 is 0. The van der Waals surface area contributed by atoms with Crippen molar-refractivity contribution in [1.82, 2.24) is 9.97 Å². The number of nitrogens with zero attached hydrogens (tertiary/aromatic N) is 1. The van der Waals surface area contributed by atoms with Crippen molar-refractivity contribution >= 4 is 21.8 Å². The maximum absolute atomic E-state index is 5.44. The van der Waals surface area contributed by atoms with Gasteiger partial charge in [-0.3, -0.25) is 4.98 Å². The summed E-state index contributed by atoms with van der Waals surface area (Å²) in [6.07, 6.45) is 3.49. The normalized spacial score (nSPS) is 11.3. The number of furan rings is 1. The highest BCUT2D eigenvalue weighted by Gasteiger charge is 2.11. The lowest BCUT2D eigenvalue weighted by atomic mass is 10.1. The Morgan fingerprint density at radius 3 is 2.78 bits per heavy atom. The maximum Gasteiger partial charge on any atom is 0.154 e. The first-order chi connectivity index (χ1) is 8.93. The number of hydrogen-bond acceptors (Lipinski definition) is 2. The molecule has 0 aliphatic carbocycles. The van der Waals surface area contributed by atoms with Gasteiger partial charge in [0.25, 0.3) is 0 Å². The number of aromatic amines is 1. The predicted molar refractivity (Wildman–Crippen MR) is 71.3 cm³/mol. The Kier molecular flexibility index (Phi) is 1.83. The summed E-state index contributed by atoms with van der Waals surface area (Å²) in [6, 6.07) is 14.1. The van der Waals surface area contributed by atoms with Crippen LogP contribution in [0.25, 0.3) is 33.3 Å². The van der Waals surface area contributed by atoms with Crippen molar-refractivity contribution in [3.63, 3.8) is 0 Å². The van der Waals surface area contributed by atoms with Crippen LogP contribution >= 0.6 is 0 Å². The van der Waals surface area contributed by atoms with Crippen LogP contribution in [0.5, 0.6) is 0 Å². The lowest BCUT2D eigenvalue weighted by molar-refractivity contribution is 0.580. The molecule has 0 spiro atoms. The lowest BCUT2D eigenvalue weighted by Crippen LogP contribution is -1.82. The molecule has 0 saturated heterocycles. The Bertz CT molecular complexity index is 828. The van der Waals surface area contributed by atoms with E-state index in [-0.39, 0.29) is 0 Å². The molecular formula is C15H10N2O. The Balaban J connectivity index is 2.17. The van der Waals surface area contributed by atoms with Gasteiger partial charge in [-0.25, -0.2) is 0 Å². The number of para-hydroxylation sites is 1. The molecule has 86 valence electrons. The SMILES string of the molecule is c1coc(-c2nccc3c2[nH]c2ccccc23)c1. The van der Waals surface area contributed by atoms with Crippen molar-refractivity contribution in [3.05, 3.63) is 54.9 Å². The molecule has 1 aromatic carbocycles. The van der Waals surface area contributed by atoms with E-state index in [9.17, 15) is 0 Å². The van der Waals surface area contributed by atoms with E-state index in [1.54, 1.807) is 6.26 Å². The predicted octanol–water partition coefficient (Wildman–Crippen LogP) is 3.98. The van der Waals surface area contributed by atoms with Crippen LogP contribution in [0.4, 0.5) is 0 Å². The van der Waals surface area contributed by atoms with Crippen molar-refractivity contribution in [3.8, 4) is 11.5 Å². The van der Waals surface area contributed by atoms with Crippen LogP contribution in [0, 0.1) is 0 Å². The minimum Gasteiger partial charge on any atom is -0.463 e. The Labute approximate surface area is 103 Å². The van der Waals surface area contributed by atoms with Crippen LogP contribution in [0.1, 0.15) is 0 Å². The van der Waals surface area contributed by atoms with Gasteiger partial charge in [0.2, 0.25) is 0 Å². The summed E-state index contributed by atoms with van der Waals surface area (Å²) in [4.78, 5) is 7.83. The van der Waals surface area contributed by atoms with E-state index in [1.807, 2.05) is 36.5 Å². The molecule has 4 rings (SSSR count). The number of rotatable bonds is 1. The first-order valence-electron chi connectivity index (χ1n) is 5.83. The molecule has 0 unspecified atom stereocenters. The molecule has 3 aromatic heterocycles. The largest absolute Gasteiger partial charge is 0.463 e. The van der Waals surface area contributed by atoms with Gasteiger partial charge in [0.1, 0.15) is 5.69 Å². The molecule has 0 amide bonds. The van der Waals surface area contributed by atoms with Crippen LogP contribution in [-0.4, -0.2) is 9.97 Å². The highest BCUT2D eigenvalue weighted by molar-refractivity contribution is 6.10. The summed E-state index contributed by atoms with van der Waals surface area (Å²) in [6.45, 7) is 0. The fraction of sp³-hybridized carbons (Fsp3) is 0. The molecule has 3 nitrogen and oxygen atoms in total. The molecule has 0 radical (unpaired) electrons. The second-order valence-corrected chi connectivity index (χ2v) is 4.23. The fourth-order valence-electron chi connectivity index (χ4n) is 2.37. The number of fused-ring (bicyclic) bond motifs is 3. The molecule has 18 heavy (non-hydrogen) atoms.